The van der Waals surface area contributed by atoms with Crippen LogP contribution in [-0.4, -0.2) is 42.6 Å². The monoisotopic (exact) mass is 248 g/mol. The molecule has 4 nitrogen and oxygen atoms in total. The highest BCUT2D eigenvalue weighted by atomic mass is 15.1. The first-order valence-electron chi connectivity index (χ1n) is 6.99. The van der Waals surface area contributed by atoms with Gasteiger partial charge in [0.15, 0.2) is 0 Å². The SMILES string of the molecule is CCNc1cccc(NCC2CCN(CC)C2)n1. The number of likely N-dealkylation sites (tertiary alicyclic amines) is 1. The van der Waals surface area contributed by atoms with Gasteiger partial charge in [0, 0.05) is 19.6 Å². The Labute approximate surface area is 110 Å². The van der Waals surface area contributed by atoms with E-state index in [2.05, 4.69) is 34.4 Å². The number of aromatic nitrogens is 1. The molecule has 0 saturated carbocycles. The zero-order valence-corrected chi connectivity index (χ0v) is 11.4. The number of pyridine rings is 1. The van der Waals surface area contributed by atoms with Crippen molar-refractivity contribution in [3.63, 3.8) is 0 Å². The van der Waals surface area contributed by atoms with Crippen LogP contribution in [0.5, 0.6) is 0 Å². The molecule has 1 aromatic heterocycles. The predicted molar refractivity (Wildman–Crippen MR) is 77.1 cm³/mol. The molecule has 1 unspecified atom stereocenters. The predicted octanol–water partition coefficient (Wildman–Crippen LogP) is 2.27. The first-order valence-corrected chi connectivity index (χ1v) is 6.99. The summed E-state index contributed by atoms with van der Waals surface area (Å²) < 4.78 is 0. The van der Waals surface area contributed by atoms with Crippen LogP contribution in [-0.2, 0) is 0 Å². The van der Waals surface area contributed by atoms with E-state index in [4.69, 9.17) is 0 Å². The molecule has 0 aromatic carbocycles. The highest BCUT2D eigenvalue weighted by Crippen LogP contribution is 2.17. The van der Waals surface area contributed by atoms with Crippen molar-refractivity contribution >= 4 is 11.6 Å². The number of nitrogens with one attached hydrogen (secondary N) is 2. The molecule has 100 valence electrons. The zero-order valence-electron chi connectivity index (χ0n) is 11.4. The van der Waals surface area contributed by atoms with Crippen molar-refractivity contribution in [2.45, 2.75) is 20.3 Å². The summed E-state index contributed by atoms with van der Waals surface area (Å²) in [6.45, 7) is 9.88. The summed E-state index contributed by atoms with van der Waals surface area (Å²) in [6, 6.07) is 6.08. The van der Waals surface area contributed by atoms with Crippen molar-refractivity contribution < 1.29 is 0 Å². The molecule has 0 radical (unpaired) electrons. The van der Waals surface area contributed by atoms with E-state index in [1.807, 2.05) is 18.2 Å². The quantitative estimate of drug-likeness (QED) is 0.810. The van der Waals surface area contributed by atoms with Gasteiger partial charge >= 0.3 is 0 Å². The van der Waals surface area contributed by atoms with Crippen LogP contribution in [0.15, 0.2) is 18.2 Å². The minimum Gasteiger partial charge on any atom is -0.370 e. The first-order chi connectivity index (χ1) is 8.81. The van der Waals surface area contributed by atoms with E-state index in [-0.39, 0.29) is 0 Å². The largest absolute Gasteiger partial charge is 0.370 e. The maximum atomic E-state index is 4.53. The fourth-order valence-electron chi connectivity index (χ4n) is 2.43. The van der Waals surface area contributed by atoms with Crippen molar-refractivity contribution in [2.24, 2.45) is 5.92 Å². The fourth-order valence-corrected chi connectivity index (χ4v) is 2.43. The minimum atomic E-state index is 0.759. The maximum Gasteiger partial charge on any atom is 0.128 e. The molecule has 2 heterocycles. The summed E-state index contributed by atoms with van der Waals surface area (Å²) in [5, 5.41) is 6.68. The van der Waals surface area contributed by atoms with Gasteiger partial charge in [-0.25, -0.2) is 4.98 Å². The Hall–Kier alpha value is -1.29. The summed E-state index contributed by atoms with van der Waals surface area (Å²) in [5.74, 6) is 2.68. The molecule has 1 saturated heterocycles. The van der Waals surface area contributed by atoms with Gasteiger partial charge in [-0.05, 0) is 44.5 Å². The number of anilines is 2. The topological polar surface area (TPSA) is 40.2 Å². The average molecular weight is 248 g/mol. The van der Waals surface area contributed by atoms with Crippen LogP contribution in [0.3, 0.4) is 0 Å². The molecule has 4 heteroatoms. The number of hydrogen-bond acceptors (Lipinski definition) is 4. The number of rotatable bonds is 6. The van der Waals surface area contributed by atoms with Crippen LogP contribution in [0.4, 0.5) is 11.6 Å². The summed E-state index contributed by atoms with van der Waals surface area (Å²) >= 11 is 0. The van der Waals surface area contributed by atoms with Gasteiger partial charge in [-0.15, -0.1) is 0 Å². The third-order valence-electron chi connectivity index (χ3n) is 3.50. The van der Waals surface area contributed by atoms with Gasteiger partial charge in [0.25, 0.3) is 0 Å². The summed E-state index contributed by atoms with van der Waals surface area (Å²) in [4.78, 5) is 7.04. The molecule has 1 aromatic rings. The lowest BCUT2D eigenvalue weighted by Gasteiger charge is -2.14. The Bertz CT molecular complexity index is 367. The summed E-state index contributed by atoms with van der Waals surface area (Å²) in [5.41, 5.74) is 0. The standard InChI is InChI=1S/C14H24N4/c1-3-15-13-6-5-7-14(17-13)16-10-12-8-9-18(4-2)11-12/h5-7,12H,3-4,8-11H2,1-2H3,(H2,15,16,17). The van der Waals surface area contributed by atoms with Crippen molar-refractivity contribution in [2.75, 3.05) is 43.4 Å². The second-order valence-corrected chi connectivity index (χ2v) is 4.87. The Morgan fingerprint density at radius 1 is 1.28 bits per heavy atom. The third-order valence-corrected chi connectivity index (χ3v) is 3.50. The normalized spacial score (nSPS) is 20.0. The van der Waals surface area contributed by atoms with Crippen molar-refractivity contribution in [1.82, 2.24) is 9.88 Å². The fraction of sp³-hybridized carbons (Fsp3) is 0.643. The summed E-state index contributed by atoms with van der Waals surface area (Å²) in [7, 11) is 0. The molecule has 0 amide bonds. The molecular weight excluding hydrogens is 224 g/mol. The van der Waals surface area contributed by atoms with Gasteiger partial charge < -0.3 is 15.5 Å². The van der Waals surface area contributed by atoms with E-state index < -0.39 is 0 Å². The Kier molecular flexibility index (Phi) is 4.81. The van der Waals surface area contributed by atoms with Crippen LogP contribution in [0.25, 0.3) is 0 Å². The van der Waals surface area contributed by atoms with Gasteiger partial charge in [-0.1, -0.05) is 13.0 Å². The van der Waals surface area contributed by atoms with E-state index in [1.165, 1.54) is 26.1 Å². The van der Waals surface area contributed by atoms with Crippen molar-refractivity contribution in [1.29, 1.82) is 0 Å². The molecule has 1 fully saturated rings. The van der Waals surface area contributed by atoms with Crippen molar-refractivity contribution in [3.8, 4) is 0 Å². The molecule has 1 aliphatic heterocycles. The highest BCUT2D eigenvalue weighted by Gasteiger charge is 2.20. The lowest BCUT2D eigenvalue weighted by atomic mass is 10.1. The smallest absolute Gasteiger partial charge is 0.128 e. The average Bonchev–Trinajstić information content (AvgIpc) is 2.85. The lowest BCUT2D eigenvalue weighted by Crippen LogP contribution is -2.22. The molecule has 2 rings (SSSR count). The first kappa shape index (κ1) is 13.1. The second-order valence-electron chi connectivity index (χ2n) is 4.87. The van der Waals surface area contributed by atoms with E-state index in [0.717, 1.165) is 30.6 Å². The zero-order chi connectivity index (χ0) is 12.8. The van der Waals surface area contributed by atoms with Crippen LogP contribution < -0.4 is 10.6 Å². The molecule has 1 atom stereocenters. The second kappa shape index (κ2) is 6.59. The van der Waals surface area contributed by atoms with Gasteiger partial charge in [0.05, 0.1) is 0 Å². The van der Waals surface area contributed by atoms with Gasteiger partial charge in [-0.3, -0.25) is 0 Å². The van der Waals surface area contributed by atoms with E-state index in [0.29, 0.717) is 0 Å². The molecule has 18 heavy (non-hydrogen) atoms. The van der Waals surface area contributed by atoms with Crippen LogP contribution in [0, 0.1) is 5.92 Å². The Morgan fingerprint density at radius 3 is 2.72 bits per heavy atom. The molecular formula is C14H24N4. The van der Waals surface area contributed by atoms with Crippen LogP contribution in [0.1, 0.15) is 20.3 Å². The highest BCUT2D eigenvalue weighted by molar-refractivity contribution is 5.44. The van der Waals surface area contributed by atoms with E-state index in [9.17, 15) is 0 Å². The minimum absolute atomic E-state index is 0.759. The maximum absolute atomic E-state index is 4.53. The van der Waals surface area contributed by atoms with E-state index in [1.54, 1.807) is 0 Å². The molecule has 0 aliphatic carbocycles. The van der Waals surface area contributed by atoms with E-state index >= 15 is 0 Å². The third kappa shape index (κ3) is 3.60. The molecule has 0 bridgehead atoms. The van der Waals surface area contributed by atoms with Gasteiger partial charge in [0.2, 0.25) is 0 Å². The molecule has 1 aliphatic rings. The number of nitrogens with zero attached hydrogens (tertiary/aromatic N) is 2. The van der Waals surface area contributed by atoms with Crippen molar-refractivity contribution in [3.05, 3.63) is 18.2 Å². The number of hydrogen-bond donors (Lipinski definition) is 2. The summed E-state index contributed by atoms with van der Waals surface area (Å²) in [6.07, 6.45) is 1.30. The van der Waals surface area contributed by atoms with Crippen LogP contribution >= 0.6 is 0 Å². The van der Waals surface area contributed by atoms with Gasteiger partial charge in [0.1, 0.15) is 11.6 Å². The Balaban J connectivity index is 1.81. The lowest BCUT2D eigenvalue weighted by molar-refractivity contribution is 0.345. The molecule has 2 N–H and O–H groups in total. The molecule has 0 spiro atoms. The Morgan fingerprint density at radius 2 is 2.06 bits per heavy atom. The van der Waals surface area contributed by atoms with Gasteiger partial charge in [-0.2, -0.15) is 0 Å². The van der Waals surface area contributed by atoms with Crippen LogP contribution in [0.2, 0.25) is 0 Å².